The van der Waals surface area contributed by atoms with Crippen molar-refractivity contribution in [2.75, 3.05) is 81.1 Å². The number of primary amides is 1. The van der Waals surface area contributed by atoms with Crippen LogP contribution in [0.1, 0.15) is 64.1 Å². The topological polar surface area (TPSA) is 181 Å². The maximum atomic E-state index is 13.2. The Hall–Kier alpha value is -5.77. The maximum absolute atomic E-state index is 13.2. The van der Waals surface area contributed by atoms with Crippen LogP contribution in [0.15, 0.2) is 48.7 Å². The number of likely N-dealkylation sites (N-methyl/N-ethyl adjacent to an activating group) is 1. The first-order valence-corrected chi connectivity index (χ1v) is 19.7. The molecule has 2 aromatic carbocycles. The Morgan fingerprint density at radius 2 is 1.73 bits per heavy atom. The second kappa shape index (κ2) is 15.8. The molecule has 6 heterocycles. The molecule has 16 heteroatoms. The Morgan fingerprint density at radius 3 is 2.46 bits per heavy atom. The van der Waals surface area contributed by atoms with Gasteiger partial charge in [0.2, 0.25) is 11.8 Å². The van der Waals surface area contributed by atoms with Gasteiger partial charge in [0.05, 0.1) is 12.2 Å². The van der Waals surface area contributed by atoms with E-state index in [1.165, 1.54) is 0 Å². The molecule has 0 radical (unpaired) electrons. The Kier molecular flexibility index (Phi) is 10.5. The molecular weight excluding hydrogens is 715 g/mol. The molecule has 294 valence electrons. The van der Waals surface area contributed by atoms with Gasteiger partial charge in [-0.2, -0.15) is 0 Å². The summed E-state index contributed by atoms with van der Waals surface area (Å²) in [5, 5.41) is 5.65. The van der Waals surface area contributed by atoms with Gasteiger partial charge in [-0.05, 0) is 80.1 Å². The number of anilines is 4. The zero-order chi connectivity index (χ0) is 38.9. The highest BCUT2D eigenvalue weighted by molar-refractivity contribution is 6.05. The Labute approximate surface area is 326 Å². The van der Waals surface area contributed by atoms with E-state index in [0.29, 0.717) is 36.7 Å². The van der Waals surface area contributed by atoms with E-state index >= 15 is 0 Å². The summed E-state index contributed by atoms with van der Waals surface area (Å²) in [6.07, 6.45) is 5.84. The lowest BCUT2D eigenvalue weighted by molar-refractivity contribution is -0.136. The molecule has 3 aromatic rings. The van der Waals surface area contributed by atoms with E-state index in [2.05, 4.69) is 48.5 Å². The summed E-state index contributed by atoms with van der Waals surface area (Å²) in [7, 11) is 1.83. The molecule has 5 aliphatic rings. The van der Waals surface area contributed by atoms with E-state index < -0.39 is 11.9 Å². The number of piperidine rings is 2. The summed E-state index contributed by atoms with van der Waals surface area (Å²) < 4.78 is 0. The fourth-order valence-electron chi connectivity index (χ4n) is 8.72. The number of aromatic nitrogens is 2. The van der Waals surface area contributed by atoms with E-state index in [9.17, 15) is 24.0 Å². The van der Waals surface area contributed by atoms with E-state index in [4.69, 9.17) is 10.7 Å². The number of carbonyl (C=O) groups excluding carboxylic acids is 5. The molecule has 1 unspecified atom stereocenters. The van der Waals surface area contributed by atoms with Crippen molar-refractivity contribution in [3.05, 3.63) is 71.0 Å². The van der Waals surface area contributed by atoms with Crippen LogP contribution in [0, 0.1) is 0 Å². The van der Waals surface area contributed by atoms with Crippen LogP contribution in [-0.2, 0) is 22.6 Å². The van der Waals surface area contributed by atoms with Gasteiger partial charge < -0.3 is 35.6 Å². The first-order chi connectivity index (χ1) is 27.1. The quantitative estimate of drug-likeness (QED) is 0.244. The molecular formula is C40H49N11O5. The van der Waals surface area contributed by atoms with Gasteiger partial charge >= 0.3 is 6.03 Å². The van der Waals surface area contributed by atoms with Crippen LogP contribution in [0.25, 0.3) is 0 Å². The number of aryl methyl sites for hydroxylation is 1. The fourth-order valence-corrected chi connectivity index (χ4v) is 8.72. The number of nitrogens with two attached hydrogens (primary N) is 1. The van der Waals surface area contributed by atoms with E-state index in [1.807, 2.05) is 36.2 Å². The number of benzene rings is 2. The SMILES string of the molecule is CN1CCN([C@@H]2CCCN(c3cnc(C(N)=O)c(Nc4ccc(N5CCN(CCCc6cccc7c6CN(C6CCC(=O)NC6=O)C7=O)CC5)cc4)n3)C2)C1=O. The molecule has 4 saturated heterocycles. The fraction of sp³-hybridized carbons (Fsp3) is 0.475. The minimum absolute atomic E-state index is 0.0607. The number of amides is 6. The Balaban J connectivity index is 0.833. The third kappa shape index (κ3) is 7.57. The number of piperazine rings is 1. The monoisotopic (exact) mass is 763 g/mol. The normalized spacial score (nSPS) is 21.8. The van der Waals surface area contributed by atoms with Crippen LogP contribution >= 0.6 is 0 Å². The highest BCUT2D eigenvalue weighted by Gasteiger charge is 2.40. The van der Waals surface area contributed by atoms with Gasteiger partial charge in [-0.25, -0.2) is 14.8 Å². The number of nitrogens with zero attached hydrogens (tertiary/aromatic N) is 8. The molecule has 8 rings (SSSR count). The van der Waals surface area contributed by atoms with Crippen molar-refractivity contribution < 1.29 is 24.0 Å². The highest BCUT2D eigenvalue weighted by Crippen LogP contribution is 2.31. The van der Waals surface area contributed by atoms with E-state index in [0.717, 1.165) is 101 Å². The van der Waals surface area contributed by atoms with Crippen molar-refractivity contribution >= 4 is 52.7 Å². The van der Waals surface area contributed by atoms with Gasteiger partial charge in [0, 0.05) is 89.3 Å². The first kappa shape index (κ1) is 37.2. The van der Waals surface area contributed by atoms with E-state index in [-0.39, 0.29) is 41.9 Å². The van der Waals surface area contributed by atoms with Gasteiger partial charge in [0.25, 0.3) is 11.8 Å². The highest BCUT2D eigenvalue weighted by atomic mass is 16.2. The van der Waals surface area contributed by atoms with Crippen LogP contribution < -0.4 is 26.2 Å². The second-order valence-electron chi connectivity index (χ2n) is 15.4. The van der Waals surface area contributed by atoms with Crippen molar-refractivity contribution in [1.82, 2.24) is 34.9 Å². The Morgan fingerprint density at radius 1 is 0.929 bits per heavy atom. The molecule has 0 saturated carbocycles. The number of hydrogen-bond donors (Lipinski definition) is 3. The summed E-state index contributed by atoms with van der Waals surface area (Å²) >= 11 is 0. The third-order valence-electron chi connectivity index (χ3n) is 11.9. The number of fused-ring (bicyclic) bond motifs is 1. The molecule has 2 atom stereocenters. The predicted octanol–water partition coefficient (Wildman–Crippen LogP) is 2.17. The average molecular weight is 764 g/mol. The lowest BCUT2D eigenvalue weighted by Crippen LogP contribution is -2.52. The van der Waals surface area contributed by atoms with Crippen LogP contribution in [0.5, 0.6) is 0 Å². The number of hydrogen-bond acceptors (Lipinski definition) is 11. The van der Waals surface area contributed by atoms with Crippen LogP contribution in [-0.4, -0.2) is 137 Å². The number of rotatable bonds is 11. The number of imide groups is 1. The summed E-state index contributed by atoms with van der Waals surface area (Å²) in [5.74, 6) is -0.540. The lowest BCUT2D eigenvalue weighted by atomic mass is 9.99. The van der Waals surface area contributed by atoms with Crippen LogP contribution in [0.2, 0.25) is 0 Å². The summed E-state index contributed by atoms with van der Waals surface area (Å²) in [4.78, 5) is 83.8. The van der Waals surface area contributed by atoms with Crippen molar-refractivity contribution in [2.45, 2.75) is 57.2 Å². The van der Waals surface area contributed by atoms with Crippen molar-refractivity contribution in [2.24, 2.45) is 5.73 Å². The molecule has 1 aromatic heterocycles. The molecule has 16 nitrogen and oxygen atoms in total. The van der Waals surface area contributed by atoms with Crippen molar-refractivity contribution in [3.63, 3.8) is 0 Å². The number of nitrogens with one attached hydrogen (secondary N) is 2. The van der Waals surface area contributed by atoms with Gasteiger partial charge in [-0.1, -0.05) is 12.1 Å². The molecule has 0 spiro atoms. The first-order valence-electron chi connectivity index (χ1n) is 19.7. The predicted molar refractivity (Wildman–Crippen MR) is 210 cm³/mol. The van der Waals surface area contributed by atoms with Crippen LogP contribution in [0.3, 0.4) is 0 Å². The van der Waals surface area contributed by atoms with Gasteiger partial charge in [-0.3, -0.25) is 29.4 Å². The largest absolute Gasteiger partial charge is 0.369 e. The van der Waals surface area contributed by atoms with E-state index in [1.54, 1.807) is 16.0 Å². The van der Waals surface area contributed by atoms with Crippen LogP contribution in [0.4, 0.5) is 27.8 Å². The smallest absolute Gasteiger partial charge is 0.320 e. The number of urea groups is 1. The lowest BCUT2D eigenvalue weighted by Gasteiger charge is -2.37. The maximum Gasteiger partial charge on any atom is 0.320 e. The molecule has 0 bridgehead atoms. The standard InChI is InChI=1S/C40H49N11O5/c1-46-17-22-50(40(46)56)29-7-4-16-49(24-29)33-23-42-35(36(41)53)37(44-33)43-27-9-11-28(12-10-27)48-20-18-47(19-21-48)15-3-6-26-5-2-8-30-31(26)25-51(39(30)55)32-13-14-34(52)45-38(32)54/h2,5,8-12,23,29,32H,3-4,6-7,13-22,24-25H2,1H3,(H2,41,53)(H,43,44)(H,45,52,54)/t29-,32?/m1/s1. The molecule has 4 N–H and O–H groups in total. The molecule has 0 aliphatic carbocycles. The molecule has 6 amide bonds. The average Bonchev–Trinajstić information content (AvgIpc) is 3.72. The second-order valence-corrected chi connectivity index (χ2v) is 15.4. The minimum atomic E-state index is -0.664. The zero-order valence-corrected chi connectivity index (χ0v) is 31.8. The summed E-state index contributed by atoms with van der Waals surface area (Å²) in [6, 6.07) is 13.4. The summed E-state index contributed by atoms with van der Waals surface area (Å²) in [6.45, 7) is 7.85. The van der Waals surface area contributed by atoms with Crippen molar-refractivity contribution in [3.8, 4) is 0 Å². The molecule has 5 aliphatic heterocycles. The van der Waals surface area contributed by atoms with Crippen molar-refractivity contribution in [1.29, 1.82) is 0 Å². The Bertz CT molecular complexity index is 2020. The molecule has 56 heavy (non-hydrogen) atoms. The van der Waals surface area contributed by atoms with Gasteiger partial charge in [-0.15, -0.1) is 0 Å². The number of carbonyl (C=O) groups is 5. The minimum Gasteiger partial charge on any atom is -0.369 e. The zero-order valence-electron chi connectivity index (χ0n) is 31.8. The van der Waals surface area contributed by atoms with Gasteiger partial charge in [0.1, 0.15) is 11.9 Å². The summed E-state index contributed by atoms with van der Waals surface area (Å²) in [5.41, 5.74) is 10.4. The van der Waals surface area contributed by atoms with Gasteiger partial charge in [0.15, 0.2) is 11.5 Å². The third-order valence-corrected chi connectivity index (χ3v) is 11.9. The molecule has 4 fully saturated rings.